The van der Waals surface area contributed by atoms with Gasteiger partial charge in [0.1, 0.15) is 5.82 Å². The van der Waals surface area contributed by atoms with Crippen molar-refractivity contribution in [3.8, 4) is 17.2 Å². The van der Waals surface area contributed by atoms with Gasteiger partial charge in [-0.1, -0.05) is 12.1 Å². The third-order valence-corrected chi connectivity index (χ3v) is 5.16. The van der Waals surface area contributed by atoms with Crippen LogP contribution < -0.4 is 24.4 Å². The summed E-state index contributed by atoms with van der Waals surface area (Å²) >= 11 is 0. The summed E-state index contributed by atoms with van der Waals surface area (Å²) in [5.41, 5.74) is 1.22. The molecular weight excluding hydrogens is 391 g/mol. The van der Waals surface area contributed by atoms with Gasteiger partial charge < -0.3 is 24.4 Å². The van der Waals surface area contributed by atoms with E-state index in [-0.39, 0.29) is 36.6 Å². The van der Waals surface area contributed by atoms with Crippen LogP contribution >= 0.6 is 0 Å². The number of amides is 2. The molecule has 0 bridgehead atoms. The Hall–Kier alpha value is -3.29. The molecule has 1 fully saturated rings. The molecule has 2 atom stereocenters. The van der Waals surface area contributed by atoms with Gasteiger partial charge in [0.25, 0.3) is 0 Å². The monoisotopic (exact) mass is 416 g/mol. The third-order valence-electron chi connectivity index (χ3n) is 5.16. The van der Waals surface area contributed by atoms with Crippen molar-refractivity contribution in [2.24, 2.45) is 5.92 Å². The molecule has 0 unspecified atom stereocenters. The average Bonchev–Trinajstić information content (AvgIpc) is 3.14. The fourth-order valence-corrected chi connectivity index (χ4v) is 3.55. The number of hydrogen-bond acceptors (Lipinski definition) is 5. The molecule has 1 aliphatic heterocycles. The first kappa shape index (κ1) is 21.4. The first-order chi connectivity index (χ1) is 14.4. The van der Waals surface area contributed by atoms with Crippen LogP contribution in [0.4, 0.5) is 10.1 Å². The van der Waals surface area contributed by atoms with E-state index in [2.05, 4.69) is 5.32 Å². The number of benzene rings is 2. The second kappa shape index (κ2) is 9.02. The van der Waals surface area contributed by atoms with Crippen LogP contribution in [0.5, 0.6) is 17.2 Å². The normalized spacial score (nSPS) is 16.9. The van der Waals surface area contributed by atoms with Crippen molar-refractivity contribution in [3.05, 3.63) is 47.8 Å². The van der Waals surface area contributed by atoms with Crippen LogP contribution in [0.15, 0.2) is 36.4 Å². The van der Waals surface area contributed by atoms with Crippen LogP contribution in [-0.2, 0) is 9.59 Å². The molecule has 0 aromatic heterocycles. The smallest absolute Gasteiger partial charge is 0.227 e. The molecule has 0 spiro atoms. The third kappa shape index (κ3) is 4.32. The minimum Gasteiger partial charge on any atom is -0.493 e. The molecular formula is C22H25FN2O5. The van der Waals surface area contributed by atoms with Crippen molar-refractivity contribution in [2.45, 2.75) is 19.4 Å². The zero-order valence-electron chi connectivity index (χ0n) is 17.4. The standard InChI is InChI=1S/C22H25FN2O5/c1-13(14-6-5-7-16(23)8-14)24-22(27)15-9-20(26)25(12-15)17-10-18(28-2)21(30-4)19(11-17)29-3/h5-8,10-11,13,15H,9,12H2,1-4H3,(H,24,27)/t13-,15+/m1/s1. The molecule has 1 N–H and O–H groups in total. The van der Waals surface area contributed by atoms with Crippen LogP contribution in [0, 0.1) is 11.7 Å². The molecule has 0 saturated carbocycles. The molecule has 2 aromatic rings. The molecule has 7 nitrogen and oxygen atoms in total. The Morgan fingerprint density at radius 1 is 1.13 bits per heavy atom. The molecule has 2 aromatic carbocycles. The van der Waals surface area contributed by atoms with Gasteiger partial charge in [-0.3, -0.25) is 9.59 Å². The maximum Gasteiger partial charge on any atom is 0.227 e. The molecule has 1 aliphatic rings. The second-order valence-electron chi connectivity index (χ2n) is 7.07. The maximum absolute atomic E-state index is 13.4. The summed E-state index contributed by atoms with van der Waals surface area (Å²) < 4.78 is 29.4. The summed E-state index contributed by atoms with van der Waals surface area (Å²) in [6, 6.07) is 9.05. The number of ether oxygens (including phenoxy) is 3. The van der Waals surface area contributed by atoms with Gasteiger partial charge in [0.15, 0.2) is 11.5 Å². The number of methoxy groups -OCH3 is 3. The Bertz CT molecular complexity index is 924. The van der Waals surface area contributed by atoms with Crippen molar-refractivity contribution >= 4 is 17.5 Å². The summed E-state index contributed by atoms with van der Waals surface area (Å²) in [5, 5.41) is 2.87. The number of nitrogens with one attached hydrogen (secondary N) is 1. The van der Waals surface area contributed by atoms with Gasteiger partial charge in [0.2, 0.25) is 17.6 Å². The molecule has 8 heteroatoms. The highest BCUT2D eigenvalue weighted by atomic mass is 19.1. The van der Waals surface area contributed by atoms with Crippen molar-refractivity contribution in [1.29, 1.82) is 0 Å². The largest absolute Gasteiger partial charge is 0.493 e. The molecule has 160 valence electrons. The zero-order valence-corrected chi connectivity index (χ0v) is 17.4. The number of carbonyl (C=O) groups excluding carboxylic acids is 2. The summed E-state index contributed by atoms with van der Waals surface area (Å²) in [6.45, 7) is 2.00. The predicted molar refractivity (Wildman–Crippen MR) is 110 cm³/mol. The van der Waals surface area contributed by atoms with Crippen molar-refractivity contribution in [2.75, 3.05) is 32.8 Å². The van der Waals surface area contributed by atoms with Crippen molar-refractivity contribution in [3.63, 3.8) is 0 Å². The first-order valence-corrected chi connectivity index (χ1v) is 9.54. The lowest BCUT2D eigenvalue weighted by Gasteiger charge is -2.21. The number of halogens is 1. The zero-order chi connectivity index (χ0) is 21.8. The van der Waals surface area contributed by atoms with E-state index in [1.807, 2.05) is 0 Å². The molecule has 1 saturated heterocycles. The van der Waals surface area contributed by atoms with Crippen LogP contribution in [0.1, 0.15) is 24.9 Å². The Balaban J connectivity index is 1.75. The van der Waals surface area contributed by atoms with E-state index in [9.17, 15) is 14.0 Å². The van der Waals surface area contributed by atoms with E-state index in [1.54, 1.807) is 31.2 Å². The van der Waals surface area contributed by atoms with E-state index in [1.165, 1.54) is 38.4 Å². The second-order valence-corrected chi connectivity index (χ2v) is 7.07. The van der Waals surface area contributed by atoms with Gasteiger partial charge in [-0.25, -0.2) is 4.39 Å². The number of rotatable bonds is 7. The SMILES string of the molecule is COc1cc(N2C[C@@H](C(=O)N[C@H](C)c3cccc(F)c3)CC2=O)cc(OC)c1OC. The van der Waals surface area contributed by atoms with E-state index < -0.39 is 5.92 Å². The lowest BCUT2D eigenvalue weighted by atomic mass is 10.0. The fraction of sp³-hybridized carbons (Fsp3) is 0.364. The average molecular weight is 416 g/mol. The number of carbonyl (C=O) groups is 2. The molecule has 0 aliphatic carbocycles. The number of anilines is 1. The summed E-state index contributed by atoms with van der Waals surface area (Å²) in [5.74, 6) is -0.0446. The van der Waals surface area contributed by atoms with Crippen LogP contribution in [0.3, 0.4) is 0 Å². The molecule has 1 heterocycles. The Morgan fingerprint density at radius 3 is 2.37 bits per heavy atom. The van der Waals surface area contributed by atoms with Gasteiger partial charge in [0.05, 0.1) is 39.0 Å². The van der Waals surface area contributed by atoms with Crippen LogP contribution in [-0.4, -0.2) is 39.7 Å². The van der Waals surface area contributed by atoms with E-state index in [0.717, 1.165) is 0 Å². The van der Waals surface area contributed by atoms with Crippen LogP contribution in [0.25, 0.3) is 0 Å². The highest BCUT2D eigenvalue weighted by Crippen LogP contribution is 2.42. The quantitative estimate of drug-likeness (QED) is 0.751. The molecule has 30 heavy (non-hydrogen) atoms. The Morgan fingerprint density at radius 2 is 1.80 bits per heavy atom. The molecule has 2 amide bonds. The highest BCUT2D eigenvalue weighted by Gasteiger charge is 2.36. The van der Waals surface area contributed by atoms with E-state index >= 15 is 0 Å². The van der Waals surface area contributed by atoms with E-state index in [0.29, 0.717) is 28.5 Å². The summed E-state index contributed by atoms with van der Waals surface area (Å²) in [4.78, 5) is 26.9. The molecule has 0 radical (unpaired) electrons. The fourth-order valence-electron chi connectivity index (χ4n) is 3.55. The number of nitrogens with zero attached hydrogens (tertiary/aromatic N) is 1. The number of hydrogen-bond donors (Lipinski definition) is 1. The predicted octanol–water partition coefficient (Wildman–Crippen LogP) is 3.08. The Labute approximate surface area is 174 Å². The first-order valence-electron chi connectivity index (χ1n) is 9.54. The topological polar surface area (TPSA) is 77.1 Å². The van der Waals surface area contributed by atoms with Crippen molar-refractivity contribution < 1.29 is 28.2 Å². The van der Waals surface area contributed by atoms with Gasteiger partial charge in [-0.15, -0.1) is 0 Å². The van der Waals surface area contributed by atoms with E-state index in [4.69, 9.17) is 14.2 Å². The maximum atomic E-state index is 13.4. The lowest BCUT2D eigenvalue weighted by Crippen LogP contribution is -2.34. The lowest BCUT2D eigenvalue weighted by molar-refractivity contribution is -0.126. The summed E-state index contributed by atoms with van der Waals surface area (Å²) in [6.07, 6.45) is 0.0817. The van der Waals surface area contributed by atoms with Gasteiger partial charge in [-0.2, -0.15) is 0 Å². The Kier molecular flexibility index (Phi) is 6.44. The molecule has 3 rings (SSSR count). The van der Waals surface area contributed by atoms with Gasteiger partial charge >= 0.3 is 0 Å². The minimum atomic E-state index is -0.521. The minimum absolute atomic E-state index is 0.0817. The van der Waals surface area contributed by atoms with Crippen LogP contribution in [0.2, 0.25) is 0 Å². The van der Waals surface area contributed by atoms with Gasteiger partial charge in [0, 0.05) is 25.1 Å². The highest BCUT2D eigenvalue weighted by molar-refractivity contribution is 6.00. The van der Waals surface area contributed by atoms with Gasteiger partial charge in [-0.05, 0) is 24.6 Å². The van der Waals surface area contributed by atoms with Crippen molar-refractivity contribution in [1.82, 2.24) is 5.32 Å². The summed E-state index contributed by atoms with van der Waals surface area (Å²) in [7, 11) is 4.50.